The molecule has 22 heteroatoms. The summed E-state index contributed by atoms with van der Waals surface area (Å²) < 4.78 is 33.0. The van der Waals surface area contributed by atoms with Gasteiger partial charge < -0.3 is 36.2 Å². The van der Waals surface area contributed by atoms with Crippen LogP contribution in [0.15, 0.2) is 67.0 Å². The molecule has 6 N–H and O–H groups in total. The zero-order valence-corrected chi connectivity index (χ0v) is 31.8. The van der Waals surface area contributed by atoms with Crippen molar-refractivity contribution in [2.75, 3.05) is 40.5 Å². The maximum atomic E-state index is 13.7. The molecule has 312 valence electrons. The lowest BCUT2D eigenvalue weighted by Crippen LogP contribution is -2.54. The second-order valence-electron chi connectivity index (χ2n) is 13.4. The van der Waals surface area contributed by atoms with Gasteiger partial charge in [0, 0.05) is 29.8 Å². The van der Waals surface area contributed by atoms with Gasteiger partial charge in [0.05, 0.1) is 46.9 Å². The molecule has 0 bridgehead atoms. The standard InChI is InChI=1S/C35H36ClN9O7.C2HF3O2/c1-20(32(48)38-23-8-5-21(6-9-23)35(51)52)26-3-2-4-29(44-16-15-43(18-30(44)47)24-10-12-25(46)13-11-24)31(26)40-34(50)33(49)39-27-17-22(36)7-14-28(27)45-19-37-41-42-45;3-2(4,5)1(6)7/h2-9,14,17,19-20,24-25,46H,10-13,15-16,18H2,1H3,(H,38,48)(H,39,49)(H,40,50)(H,51,52);(H,6,7). The van der Waals surface area contributed by atoms with Gasteiger partial charge in [0.1, 0.15) is 6.33 Å². The first-order valence-corrected chi connectivity index (χ1v) is 18.3. The van der Waals surface area contributed by atoms with E-state index in [-0.39, 0.29) is 53.1 Å². The maximum Gasteiger partial charge on any atom is 0.490 e. The van der Waals surface area contributed by atoms with E-state index in [4.69, 9.17) is 21.5 Å². The van der Waals surface area contributed by atoms with Gasteiger partial charge in [-0.25, -0.2) is 9.59 Å². The minimum Gasteiger partial charge on any atom is -0.478 e. The van der Waals surface area contributed by atoms with Crippen LogP contribution < -0.4 is 20.9 Å². The number of aliphatic carboxylic acids is 1. The number of hydrogen-bond acceptors (Lipinski definition) is 11. The summed E-state index contributed by atoms with van der Waals surface area (Å²) >= 11 is 6.19. The van der Waals surface area contributed by atoms with Crippen molar-refractivity contribution in [2.45, 2.75) is 56.8 Å². The molecule has 0 radical (unpaired) electrons. The summed E-state index contributed by atoms with van der Waals surface area (Å²) in [5.41, 5.74) is 1.63. The van der Waals surface area contributed by atoms with Crippen molar-refractivity contribution in [2.24, 2.45) is 0 Å². The Bertz CT molecular complexity index is 2200. The molecule has 1 atom stereocenters. The Kier molecular flexibility index (Phi) is 14.0. The fourth-order valence-electron chi connectivity index (χ4n) is 6.48. The molecule has 59 heavy (non-hydrogen) atoms. The highest BCUT2D eigenvalue weighted by Gasteiger charge is 2.38. The molecular weight excluding hydrogens is 807 g/mol. The third kappa shape index (κ3) is 11.1. The van der Waals surface area contributed by atoms with Crippen LogP contribution in [0, 0.1) is 0 Å². The number of anilines is 4. The summed E-state index contributed by atoms with van der Waals surface area (Å²) in [4.78, 5) is 78.2. The molecule has 18 nitrogen and oxygen atoms in total. The summed E-state index contributed by atoms with van der Waals surface area (Å²) in [6.07, 6.45) is -1.18. The first kappa shape index (κ1) is 43.7. The number of carbonyl (C=O) groups is 6. The van der Waals surface area contributed by atoms with E-state index in [2.05, 4.69) is 36.4 Å². The Morgan fingerprint density at radius 3 is 2.14 bits per heavy atom. The van der Waals surface area contributed by atoms with E-state index in [0.29, 0.717) is 42.0 Å². The zero-order chi connectivity index (χ0) is 43.0. The number of para-hydroxylation sites is 1. The van der Waals surface area contributed by atoms with E-state index in [0.717, 1.165) is 12.8 Å². The third-order valence-electron chi connectivity index (χ3n) is 9.55. The van der Waals surface area contributed by atoms with Crippen LogP contribution in [0.1, 0.15) is 54.4 Å². The number of rotatable bonds is 9. The van der Waals surface area contributed by atoms with E-state index in [1.165, 1.54) is 46.2 Å². The summed E-state index contributed by atoms with van der Waals surface area (Å²) in [7, 11) is 0. The summed E-state index contributed by atoms with van der Waals surface area (Å²) in [6.45, 7) is 2.56. The number of carbonyl (C=O) groups excluding carboxylic acids is 4. The third-order valence-corrected chi connectivity index (χ3v) is 9.78. The van der Waals surface area contributed by atoms with Crippen molar-refractivity contribution in [3.63, 3.8) is 0 Å². The van der Waals surface area contributed by atoms with Crippen LogP contribution in [0.5, 0.6) is 0 Å². The first-order valence-electron chi connectivity index (χ1n) is 17.9. The monoisotopic (exact) mass is 843 g/mol. The molecule has 1 saturated heterocycles. The number of amides is 4. The number of hydrogen-bond donors (Lipinski definition) is 6. The summed E-state index contributed by atoms with van der Waals surface area (Å²) in [6, 6.07) is 15.3. The largest absolute Gasteiger partial charge is 0.490 e. The molecule has 1 unspecified atom stereocenters. The number of aromatic nitrogens is 4. The topological polar surface area (TPSA) is 249 Å². The number of piperazine rings is 1. The number of aliphatic hydroxyl groups is 1. The Morgan fingerprint density at radius 2 is 1.54 bits per heavy atom. The lowest BCUT2D eigenvalue weighted by Gasteiger charge is -2.41. The minimum absolute atomic E-state index is 0.0516. The van der Waals surface area contributed by atoms with E-state index in [1.54, 1.807) is 37.3 Å². The van der Waals surface area contributed by atoms with Crippen molar-refractivity contribution < 1.29 is 57.3 Å². The highest BCUT2D eigenvalue weighted by Crippen LogP contribution is 2.37. The number of halogens is 4. The van der Waals surface area contributed by atoms with Gasteiger partial charge in [-0.15, -0.1) is 5.10 Å². The van der Waals surface area contributed by atoms with E-state index in [9.17, 15) is 47.4 Å². The summed E-state index contributed by atoms with van der Waals surface area (Å²) in [5.74, 6) is -7.64. The van der Waals surface area contributed by atoms with Crippen molar-refractivity contribution in [1.82, 2.24) is 25.1 Å². The quantitative estimate of drug-likeness (QED) is 0.131. The number of aromatic carboxylic acids is 1. The molecule has 2 heterocycles. The molecular formula is C37H37ClF3N9O9. The maximum absolute atomic E-state index is 13.7. The highest BCUT2D eigenvalue weighted by atomic mass is 35.5. The molecule has 1 saturated carbocycles. The van der Waals surface area contributed by atoms with Crippen LogP contribution in [-0.2, 0) is 24.0 Å². The van der Waals surface area contributed by atoms with Crippen molar-refractivity contribution in [3.8, 4) is 5.69 Å². The molecule has 4 amide bonds. The first-order chi connectivity index (χ1) is 27.9. The molecule has 6 rings (SSSR count). The second kappa shape index (κ2) is 18.9. The number of benzene rings is 3. The van der Waals surface area contributed by atoms with Crippen LogP contribution in [0.25, 0.3) is 5.69 Å². The fourth-order valence-corrected chi connectivity index (χ4v) is 6.65. The van der Waals surface area contributed by atoms with Crippen LogP contribution in [0.3, 0.4) is 0 Å². The van der Waals surface area contributed by atoms with Gasteiger partial charge in [0.25, 0.3) is 0 Å². The molecule has 0 spiro atoms. The average Bonchev–Trinajstić information content (AvgIpc) is 3.73. The van der Waals surface area contributed by atoms with Gasteiger partial charge in [0.2, 0.25) is 11.8 Å². The number of alkyl halides is 3. The van der Waals surface area contributed by atoms with Crippen molar-refractivity contribution >= 4 is 69.9 Å². The number of nitrogens with one attached hydrogen (secondary N) is 3. The summed E-state index contributed by atoms with van der Waals surface area (Å²) in [5, 5.41) is 45.6. The zero-order valence-electron chi connectivity index (χ0n) is 31.0. The van der Waals surface area contributed by atoms with E-state index < -0.39 is 41.8 Å². The SMILES string of the molecule is CC(C(=O)Nc1ccc(C(=O)O)cc1)c1cccc(N2CCN(C3CCC(O)CC3)CC2=O)c1NC(=O)C(=O)Nc1cc(Cl)ccc1-n1cnnn1.O=C(O)C(F)(F)F. The predicted octanol–water partition coefficient (Wildman–Crippen LogP) is 3.92. The Balaban J connectivity index is 0.000000867. The highest BCUT2D eigenvalue weighted by molar-refractivity contribution is 6.44. The predicted molar refractivity (Wildman–Crippen MR) is 204 cm³/mol. The molecule has 3 aromatic carbocycles. The number of carboxylic acid groups (broad SMARTS) is 2. The number of tetrazole rings is 1. The molecule has 4 aromatic rings. The minimum atomic E-state index is -5.08. The molecule has 1 aliphatic heterocycles. The van der Waals surface area contributed by atoms with Gasteiger partial charge >= 0.3 is 29.9 Å². The van der Waals surface area contributed by atoms with Crippen LogP contribution in [0.4, 0.5) is 35.9 Å². The molecule has 1 aromatic heterocycles. The van der Waals surface area contributed by atoms with E-state index in [1.807, 2.05) is 0 Å². The number of aliphatic hydroxyl groups excluding tert-OH is 1. The Hall–Kier alpha value is -6.45. The van der Waals surface area contributed by atoms with Gasteiger partial charge in [0.15, 0.2) is 0 Å². The number of carboxylic acids is 2. The Morgan fingerprint density at radius 1 is 0.881 bits per heavy atom. The molecule has 2 fully saturated rings. The van der Waals surface area contributed by atoms with Crippen LogP contribution in [-0.4, -0.2) is 114 Å². The van der Waals surface area contributed by atoms with Crippen LogP contribution in [0.2, 0.25) is 5.02 Å². The lowest BCUT2D eigenvalue weighted by molar-refractivity contribution is -0.192. The second-order valence-corrected chi connectivity index (χ2v) is 13.9. The van der Waals surface area contributed by atoms with Crippen LogP contribution >= 0.6 is 11.6 Å². The van der Waals surface area contributed by atoms with Crippen molar-refractivity contribution in [1.29, 1.82) is 0 Å². The van der Waals surface area contributed by atoms with E-state index >= 15 is 0 Å². The number of nitrogens with zero attached hydrogens (tertiary/aromatic N) is 6. The Labute approximate surface area is 337 Å². The molecule has 1 aliphatic carbocycles. The van der Waals surface area contributed by atoms with Gasteiger partial charge in [-0.1, -0.05) is 23.7 Å². The molecule has 2 aliphatic rings. The normalized spacial score (nSPS) is 17.5. The van der Waals surface area contributed by atoms with Gasteiger partial charge in [-0.3, -0.25) is 24.1 Å². The van der Waals surface area contributed by atoms with Crippen molar-refractivity contribution in [3.05, 3.63) is 83.1 Å². The van der Waals surface area contributed by atoms with Gasteiger partial charge in [-0.2, -0.15) is 17.9 Å². The average molecular weight is 844 g/mol. The fraction of sp³-hybridized carbons (Fsp3) is 0.324. The smallest absolute Gasteiger partial charge is 0.478 e. The lowest BCUT2D eigenvalue weighted by atomic mass is 9.91. The van der Waals surface area contributed by atoms with Gasteiger partial charge in [-0.05, 0) is 97.1 Å².